The van der Waals surface area contributed by atoms with Crippen LogP contribution < -0.4 is 5.32 Å². The maximum absolute atomic E-state index is 12.0. The lowest BCUT2D eigenvalue weighted by Crippen LogP contribution is -2.50. The van der Waals surface area contributed by atoms with Gasteiger partial charge in [-0.1, -0.05) is 20.3 Å². The van der Waals surface area contributed by atoms with Gasteiger partial charge in [-0.05, 0) is 31.8 Å². The zero-order chi connectivity index (χ0) is 15.1. The minimum atomic E-state index is -0.972. The van der Waals surface area contributed by atoms with E-state index in [0.717, 1.165) is 26.1 Å². The molecule has 0 aromatic rings. The molecule has 0 bridgehead atoms. The van der Waals surface area contributed by atoms with Gasteiger partial charge in [0.05, 0.1) is 0 Å². The van der Waals surface area contributed by atoms with E-state index in [1.807, 2.05) is 13.8 Å². The number of nitrogens with one attached hydrogen (secondary N) is 1. The number of likely N-dealkylation sites (tertiary alicyclic amines) is 1. The topological polar surface area (TPSA) is 72.9 Å². The van der Waals surface area contributed by atoms with Crippen LogP contribution in [0.1, 0.15) is 33.1 Å². The minimum Gasteiger partial charge on any atom is -0.480 e. The lowest BCUT2D eigenvalue weighted by molar-refractivity contribution is -0.140. The van der Waals surface area contributed by atoms with Gasteiger partial charge in [0.15, 0.2) is 0 Å². The summed E-state index contributed by atoms with van der Waals surface area (Å²) in [6, 6.07) is -1.13. The van der Waals surface area contributed by atoms with Gasteiger partial charge in [0, 0.05) is 20.1 Å². The predicted octanol–water partition coefficient (Wildman–Crippen LogP) is 1.22. The van der Waals surface area contributed by atoms with E-state index in [0.29, 0.717) is 6.54 Å². The second kappa shape index (κ2) is 8.09. The number of likely N-dealkylation sites (N-methyl/N-ethyl adjacent to an activating group) is 1. The summed E-state index contributed by atoms with van der Waals surface area (Å²) in [7, 11) is 1.71. The van der Waals surface area contributed by atoms with Crippen LogP contribution in [0.25, 0.3) is 0 Å². The summed E-state index contributed by atoms with van der Waals surface area (Å²) in [5.74, 6) is -1.05. The van der Waals surface area contributed by atoms with Crippen LogP contribution in [0.4, 0.5) is 4.79 Å². The van der Waals surface area contributed by atoms with Gasteiger partial charge >= 0.3 is 12.0 Å². The normalized spacial score (nSPS) is 18.6. The molecule has 2 atom stereocenters. The molecule has 0 aromatic heterocycles. The number of hydrogen-bond donors (Lipinski definition) is 2. The number of aliphatic carboxylic acids is 1. The molecule has 0 aromatic carbocycles. The van der Waals surface area contributed by atoms with E-state index < -0.39 is 12.0 Å². The lowest BCUT2D eigenvalue weighted by Gasteiger charge is -2.25. The van der Waals surface area contributed by atoms with Gasteiger partial charge in [-0.3, -0.25) is 0 Å². The van der Waals surface area contributed by atoms with Gasteiger partial charge in [0.1, 0.15) is 6.04 Å². The van der Waals surface area contributed by atoms with Crippen LogP contribution in [0.2, 0.25) is 0 Å². The zero-order valence-corrected chi connectivity index (χ0v) is 12.8. The molecule has 2 N–H and O–H groups in total. The Morgan fingerprint density at radius 3 is 2.45 bits per heavy atom. The van der Waals surface area contributed by atoms with E-state index >= 15 is 0 Å². The summed E-state index contributed by atoms with van der Waals surface area (Å²) >= 11 is 0. The smallest absolute Gasteiger partial charge is 0.326 e. The zero-order valence-electron chi connectivity index (χ0n) is 12.8. The Bertz CT molecular complexity index is 330. The van der Waals surface area contributed by atoms with Crippen molar-refractivity contribution < 1.29 is 14.7 Å². The summed E-state index contributed by atoms with van der Waals surface area (Å²) < 4.78 is 0. The highest BCUT2D eigenvalue weighted by Crippen LogP contribution is 2.09. The molecule has 0 saturated carbocycles. The van der Waals surface area contributed by atoms with Crippen LogP contribution in [0.3, 0.4) is 0 Å². The first-order chi connectivity index (χ1) is 9.45. The fourth-order valence-corrected chi connectivity index (χ4v) is 2.33. The molecule has 1 aliphatic rings. The van der Waals surface area contributed by atoms with Crippen LogP contribution in [0.5, 0.6) is 0 Å². The summed E-state index contributed by atoms with van der Waals surface area (Å²) in [5, 5.41) is 11.8. The van der Waals surface area contributed by atoms with E-state index in [1.54, 1.807) is 11.9 Å². The minimum absolute atomic E-state index is 0.0802. The van der Waals surface area contributed by atoms with E-state index in [2.05, 4.69) is 10.2 Å². The van der Waals surface area contributed by atoms with Gasteiger partial charge in [0.2, 0.25) is 0 Å². The van der Waals surface area contributed by atoms with Crippen LogP contribution in [-0.4, -0.2) is 66.2 Å². The third-order valence-corrected chi connectivity index (χ3v) is 4.06. The van der Waals surface area contributed by atoms with Gasteiger partial charge in [-0.15, -0.1) is 0 Å². The summed E-state index contributed by atoms with van der Waals surface area (Å²) in [4.78, 5) is 27.1. The highest BCUT2D eigenvalue weighted by Gasteiger charge is 2.26. The van der Waals surface area contributed by atoms with Gasteiger partial charge < -0.3 is 20.2 Å². The molecule has 0 spiro atoms. The molecule has 1 saturated heterocycles. The standard InChI is InChI=1S/C14H27N3O3/c1-4-11(2)12(13(18)19)15-14(20)16(3)9-10-17-7-5-6-8-17/h11-12H,4-10H2,1-3H3,(H,15,20)(H,18,19)/t11-,12-/m0/s1. The average Bonchev–Trinajstić information content (AvgIpc) is 2.93. The quantitative estimate of drug-likeness (QED) is 0.738. The summed E-state index contributed by atoms with van der Waals surface area (Å²) in [6.07, 6.45) is 3.17. The van der Waals surface area contributed by atoms with Crippen molar-refractivity contribution in [2.45, 2.75) is 39.2 Å². The molecule has 6 heteroatoms. The van der Waals surface area contributed by atoms with Gasteiger partial charge in [-0.2, -0.15) is 0 Å². The molecule has 1 fully saturated rings. The number of rotatable bonds is 7. The highest BCUT2D eigenvalue weighted by molar-refractivity contribution is 5.82. The maximum atomic E-state index is 12.0. The second-order valence-electron chi connectivity index (χ2n) is 5.62. The van der Waals surface area contributed by atoms with Crippen LogP contribution in [0, 0.1) is 5.92 Å². The van der Waals surface area contributed by atoms with Crippen molar-refractivity contribution >= 4 is 12.0 Å². The lowest BCUT2D eigenvalue weighted by atomic mass is 9.99. The highest BCUT2D eigenvalue weighted by atomic mass is 16.4. The molecule has 2 amide bonds. The number of carbonyl (C=O) groups is 2. The van der Waals surface area contributed by atoms with Crippen molar-refractivity contribution in [1.82, 2.24) is 15.1 Å². The molecule has 0 radical (unpaired) electrons. The average molecular weight is 285 g/mol. The van der Waals surface area contributed by atoms with Crippen molar-refractivity contribution in [3.05, 3.63) is 0 Å². The molecule has 1 heterocycles. The number of carbonyl (C=O) groups excluding carboxylic acids is 1. The number of hydrogen-bond acceptors (Lipinski definition) is 3. The van der Waals surface area contributed by atoms with Crippen molar-refractivity contribution in [3.63, 3.8) is 0 Å². The molecular weight excluding hydrogens is 258 g/mol. The molecule has 20 heavy (non-hydrogen) atoms. The van der Waals surface area contributed by atoms with Crippen molar-refractivity contribution in [2.24, 2.45) is 5.92 Å². The second-order valence-corrected chi connectivity index (χ2v) is 5.62. The summed E-state index contributed by atoms with van der Waals surface area (Å²) in [6.45, 7) is 7.43. The van der Waals surface area contributed by atoms with Crippen molar-refractivity contribution in [1.29, 1.82) is 0 Å². The number of carboxylic acid groups (broad SMARTS) is 1. The molecule has 0 unspecified atom stereocenters. The number of amides is 2. The van der Waals surface area contributed by atoms with E-state index in [-0.39, 0.29) is 11.9 Å². The molecule has 0 aliphatic carbocycles. The number of urea groups is 1. The molecule has 1 aliphatic heterocycles. The summed E-state index contributed by atoms with van der Waals surface area (Å²) in [5.41, 5.74) is 0. The van der Waals surface area contributed by atoms with Crippen molar-refractivity contribution in [3.8, 4) is 0 Å². The molecular formula is C14H27N3O3. The van der Waals surface area contributed by atoms with Crippen LogP contribution >= 0.6 is 0 Å². The number of carboxylic acids is 1. The molecule has 1 rings (SSSR count). The first-order valence-corrected chi connectivity index (χ1v) is 7.42. The largest absolute Gasteiger partial charge is 0.480 e. The van der Waals surface area contributed by atoms with E-state index in [4.69, 9.17) is 5.11 Å². The predicted molar refractivity (Wildman–Crippen MR) is 77.7 cm³/mol. The van der Waals surface area contributed by atoms with Crippen molar-refractivity contribution in [2.75, 3.05) is 33.2 Å². The monoisotopic (exact) mass is 285 g/mol. The van der Waals surface area contributed by atoms with E-state index in [1.165, 1.54) is 12.8 Å². The molecule has 116 valence electrons. The third-order valence-electron chi connectivity index (χ3n) is 4.06. The Labute approximate surface area is 121 Å². The van der Waals surface area contributed by atoms with Crippen LogP contribution in [-0.2, 0) is 4.79 Å². The van der Waals surface area contributed by atoms with Crippen LogP contribution in [0.15, 0.2) is 0 Å². The fourth-order valence-electron chi connectivity index (χ4n) is 2.33. The first kappa shape index (κ1) is 16.8. The maximum Gasteiger partial charge on any atom is 0.326 e. The number of nitrogens with zero attached hydrogens (tertiary/aromatic N) is 2. The van der Waals surface area contributed by atoms with Gasteiger partial charge in [-0.25, -0.2) is 9.59 Å². The Morgan fingerprint density at radius 2 is 1.95 bits per heavy atom. The SMILES string of the molecule is CC[C@H](C)[C@H](NC(=O)N(C)CCN1CCCC1)C(=O)O. The van der Waals surface area contributed by atoms with Gasteiger partial charge in [0.25, 0.3) is 0 Å². The molecule has 6 nitrogen and oxygen atoms in total. The Kier molecular flexibility index (Phi) is 6.78. The Morgan fingerprint density at radius 1 is 1.35 bits per heavy atom. The Hall–Kier alpha value is -1.30. The van der Waals surface area contributed by atoms with E-state index in [9.17, 15) is 9.59 Å². The third kappa shape index (κ3) is 5.00. The fraction of sp³-hybridized carbons (Fsp3) is 0.857. The first-order valence-electron chi connectivity index (χ1n) is 7.42. The Balaban J connectivity index is 2.40.